The van der Waals surface area contributed by atoms with Crippen molar-refractivity contribution in [3.05, 3.63) is 15.6 Å². The number of nitrogens with one attached hydrogen (secondary N) is 1. The van der Waals surface area contributed by atoms with Crippen LogP contribution in [-0.2, 0) is 18.4 Å². The van der Waals surface area contributed by atoms with Crippen LogP contribution >= 0.6 is 11.3 Å². The molecule has 1 fully saturated rings. The monoisotopic (exact) mass is 292 g/mol. The van der Waals surface area contributed by atoms with Crippen molar-refractivity contribution in [2.24, 2.45) is 5.92 Å². The van der Waals surface area contributed by atoms with E-state index in [4.69, 9.17) is 4.98 Å². The molecule has 3 rings (SSSR count). The molecule has 2 aliphatic rings. The van der Waals surface area contributed by atoms with Crippen molar-refractivity contribution in [3.8, 4) is 0 Å². The van der Waals surface area contributed by atoms with Crippen LogP contribution in [0.3, 0.4) is 0 Å². The molecule has 1 aromatic rings. The summed E-state index contributed by atoms with van der Waals surface area (Å²) in [5.74, 6) is 0.869. The van der Waals surface area contributed by atoms with E-state index in [9.17, 15) is 0 Å². The molecule has 0 radical (unpaired) electrons. The van der Waals surface area contributed by atoms with E-state index in [-0.39, 0.29) is 5.54 Å². The Morgan fingerprint density at radius 2 is 2.20 bits per heavy atom. The predicted octanol–water partition coefficient (Wildman–Crippen LogP) is 4.43. The number of hydrogen-bond acceptors (Lipinski definition) is 3. The Morgan fingerprint density at radius 3 is 2.90 bits per heavy atom. The number of aryl methyl sites for hydroxylation is 2. The molecule has 3 heteroatoms. The third-order valence-corrected chi connectivity index (χ3v) is 6.36. The molecular formula is C17H28N2S. The van der Waals surface area contributed by atoms with Gasteiger partial charge >= 0.3 is 0 Å². The lowest BCUT2D eigenvalue weighted by molar-refractivity contribution is 0.163. The lowest BCUT2D eigenvalue weighted by atomic mass is 9.74. The van der Waals surface area contributed by atoms with Gasteiger partial charge in [-0.25, -0.2) is 4.98 Å². The zero-order valence-corrected chi connectivity index (χ0v) is 14.0. The van der Waals surface area contributed by atoms with Crippen LogP contribution in [0.4, 0.5) is 0 Å². The van der Waals surface area contributed by atoms with Gasteiger partial charge in [-0.15, -0.1) is 11.3 Å². The summed E-state index contributed by atoms with van der Waals surface area (Å²) in [4.78, 5) is 6.64. The number of rotatable bonds is 4. The quantitative estimate of drug-likeness (QED) is 0.888. The van der Waals surface area contributed by atoms with Gasteiger partial charge in [-0.2, -0.15) is 0 Å². The third-order valence-electron chi connectivity index (χ3n) is 5.00. The van der Waals surface area contributed by atoms with E-state index >= 15 is 0 Å². The van der Waals surface area contributed by atoms with Crippen LogP contribution < -0.4 is 5.32 Å². The van der Waals surface area contributed by atoms with Gasteiger partial charge in [0.25, 0.3) is 0 Å². The second kappa shape index (κ2) is 5.76. The SMILES string of the molecule is CCC1CCCC(NC(C)C)(c2nc3c(s2)CCC3)C1. The minimum atomic E-state index is 0.169. The van der Waals surface area contributed by atoms with Crippen LogP contribution in [0.5, 0.6) is 0 Å². The number of fused-ring (bicyclic) bond motifs is 1. The van der Waals surface area contributed by atoms with E-state index in [0.29, 0.717) is 6.04 Å². The van der Waals surface area contributed by atoms with E-state index in [1.54, 1.807) is 4.88 Å². The highest BCUT2D eigenvalue weighted by molar-refractivity contribution is 7.12. The van der Waals surface area contributed by atoms with Crippen molar-refractivity contribution in [1.29, 1.82) is 0 Å². The summed E-state index contributed by atoms with van der Waals surface area (Å²) in [6.07, 6.45) is 10.4. The fourth-order valence-corrected chi connectivity index (χ4v) is 5.41. The summed E-state index contributed by atoms with van der Waals surface area (Å²) >= 11 is 2.01. The van der Waals surface area contributed by atoms with Crippen molar-refractivity contribution in [1.82, 2.24) is 10.3 Å². The van der Waals surface area contributed by atoms with Gasteiger partial charge in [-0.3, -0.25) is 0 Å². The second-order valence-corrected chi connectivity index (χ2v) is 8.08. The first kappa shape index (κ1) is 14.5. The molecule has 1 saturated carbocycles. The van der Waals surface area contributed by atoms with Gasteiger partial charge in [0.05, 0.1) is 11.2 Å². The molecule has 0 aliphatic heterocycles. The van der Waals surface area contributed by atoms with Crippen molar-refractivity contribution in [2.45, 2.75) is 83.7 Å². The second-order valence-electron chi connectivity index (χ2n) is 6.99. The molecule has 112 valence electrons. The molecule has 0 aromatic carbocycles. The molecule has 1 aromatic heterocycles. The first-order valence-electron chi connectivity index (χ1n) is 8.39. The molecule has 2 aliphatic carbocycles. The van der Waals surface area contributed by atoms with E-state index in [2.05, 4.69) is 26.1 Å². The van der Waals surface area contributed by atoms with Crippen molar-refractivity contribution in [2.75, 3.05) is 0 Å². The average molecular weight is 292 g/mol. The van der Waals surface area contributed by atoms with Crippen molar-refractivity contribution in [3.63, 3.8) is 0 Å². The third kappa shape index (κ3) is 2.67. The summed E-state index contributed by atoms with van der Waals surface area (Å²) in [5.41, 5.74) is 1.58. The normalized spacial score (nSPS) is 29.9. The molecule has 2 unspecified atom stereocenters. The molecule has 0 saturated heterocycles. The van der Waals surface area contributed by atoms with Crippen molar-refractivity contribution >= 4 is 11.3 Å². The Balaban J connectivity index is 1.91. The largest absolute Gasteiger partial charge is 0.303 e. The highest BCUT2D eigenvalue weighted by Crippen LogP contribution is 2.44. The first-order chi connectivity index (χ1) is 9.63. The van der Waals surface area contributed by atoms with Crippen molar-refractivity contribution < 1.29 is 0 Å². The van der Waals surface area contributed by atoms with Gasteiger partial charge in [-0.1, -0.05) is 26.2 Å². The van der Waals surface area contributed by atoms with Crippen LogP contribution in [0.2, 0.25) is 0 Å². The molecular weight excluding hydrogens is 264 g/mol. The molecule has 0 amide bonds. The van der Waals surface area contributed by atoms with Gasteiger partial charge < -0.3 is 5.32 Å². The highest BCUT2D eigenvalue weighted by atomic mass is 32.1. The van der Waals surface area contributed by atoms with Crippen LogP contribution in [0, 0.1) is 5.92 Å². The number of aromatic nitrogens is 1. The summed E-state index contributed by atoms with van der Waals surface area (Å²) < 4.78 is 0. The Kier molecular flexibility index (Phi) is 4.19. The molecule has 0 spiro atoms. The molecule has 0 bridgehead atoms. The van der Waals surface area contributed by atoms with Gasteiger partial charge in [-0.05, 0) is 51.9 Å². The van der Waals surface area contributed by atoms with E-state index < -0.39 is 0 Å². The van der Waals surface area contributed by atoms with Gasteiger partial charge in [0, 0.05) is 10.9 Å². The lowest BCUT2D eigenvalue weighted by Crippen LogP contribution is -2.49. The molecule has 2 nitrogen and oxygen atoms in total. The highest BCUT2D eigenvalue weighted by Gasteiger charge is 2.40. The Bertz CT molecular complexity index is 444. The lowest BCUT2D eigenvalue weighted by Gasteiger charge is -2.41. The fraction of sp³-hybridized carbons (Fsp3) is 0.824. The Hall–Kier alpha value is -0.410. The maximum Gasteiger partial charge on any atom is 0.113 e. The average Bonchev–Trinajstić information content (AvgIpc) is 2.99. The topological polar surface area (TPSA) is 24.9 Å². The smallest absolute Gasteiger partial charge is 0.113 e. The van der Waals surface area contributed by atoms with E-state index in [1.807, 2.05) is 11.3 Å². The fourth-order valence-electron chi connectivity index (χ4n) is 4.07. The summed E-state index contributed by atoms with van der Waals surface area (Å²) in [6, 6.07) is 0.532. The van der Waals surface area contributed by atoms with Crippen LogP contribution in [0.1, 0.15) is 74.9 Å². The zero-order valence-electron chi connectivity index (χ0n) is 13.2. The molecule has 2 atom stereocenters. The van der Waals surface area contributed by atoms with Gasteiger partial charge in [0.1, 0.15) is 5.01 Å². The zero-order chi connectivity index (χ0) is 14.2. The molecule has 1 N–H and O–H groups in total. The number of nitrogens with zero attached hydrogens (tertiary/aromatic N) is 1. The predicted molar refractivity (Wildman–Crippen MR) is 86.3 cm³/mol. The summed E-state index contributed by atoms with van der Waals surface area (Å²) in [5, 5.41) is 5.31. The summed E-state index contributed by atoms with van der Waals surface area (Å²) in [6.45, 7) is 6.90. The number of hydrogen-bond donors (Lipinski definition) is 1. The standard InChI is InChI=1S/C17H28N2S/c1-4-13-7-6-10-17(11-13,19-12(2)3)16-18-14-8-5-9-15(14)20-16/h12-13,19H,4-11H2,1-3H3. The minimum Gasteiger partial charge on any atom is -0.303 e. The Labute approximate surface area is 127 Å². The summed E-state index contributed by atoms with van der Waals surface area (Å²) in [7, 11) is 0. The maximum atomic E-state index is 5.06. The van der Waals surface area contributed by atoms with Crippen LogP contribution in [0.15, 0.2) is 0 Å². The minimum absolute atomic E-state index is 0.169. The molecule has 20 heavy (non-hydrogen) atoms. The van der Waals surface area contributed by atoms with E-state index in [0.717, 1.165) is 5.92 Å². The van der Waals surface area contributed by atoms with Crippen LogP contribution in [-0.4, -0.2) is 11.0 Å². The van der Waals surface area contributed by atoms with Gasteiger partial charge in [0.15, 0.2) is 0 Å². The van der Waals surface area contributed by atoms with Crippen LogP contribution in [0.25, 0.3) is 0 Å². The Morgan fingerprint density at radius 1 is 1.35 bits per heavy atom. The molecule has 1 heterocycles. The maximum absolute atomic E-state index is 5.06. The van der Waals surface area contributed by atoms with E-state index in [1.165, 1.54) is 62.1 Å². The number of thiazole rings is 1. The van der Waals surface area contributed by atoms with Gasteiger partial charge in [0.2, 0.25) is 0 Å². The first-order valence-corrected chi connectivity index (χ1v) is 9.21.